The number of hydrogen-bond donors (Lipinski definition) is 1. The molecule has 6 nitrogen and oxygen atoms in total. The molecule has 0 spiro atoms. The van der Waals surface area contributed by atoms with Crippen molar-refractivity contribution >= 4 is 17.6 Å². The summed E-state index contributed by atoms with van der Waals surface area (Å²) < 4.78 is 10.5. The first-order chi connectivity index (χ1) is 11.2. The SMILES string of the molecule is COC(=O)c1cccc(C)c1N1CCNCC1C(=O)OC(C)(C)C. The summed E-state index contributed by atoms with van der Waals surface area (Å²) in [5.74, 6) is -0.705. The average molecular weight is 334 g/mol. The van der Waals surface area contributed by atoms with Crippen LogP contribution < -0.4 is 10.2 Å². The van der Waals surface area contributed by atoms with Gasteiger partial charge in [-0.1, -0.05) is 12.1 Å². The minimum Gasteiger partial charge on any atom is -0.465 e. The van der Waals surface area contributed by atoms with Gasteiger partial charge in [-0.3, -0.25) is 0 Å². The predicted molar refractivity (Wildman–Crippen MR) is 92.4 cm³/mol. The van der Waals surface area contributed by atoms with Gasteiger partial charge in [0.1, 0.15) is 11.6 Å². The van der Waals surface area contributed by atoms with E-state index in [-0.39, 0.29) is 5.97 Å². The number of nitrogens with zero attached hydrogens (tertiary/aromatic N) is 1. The van der Waals surface area contributed by atoms with Crippen molar-refractivity contribution in [1.82, 2.24) is 5.32 Å². The molecular formula is C18H26N2O4. The molecule has 24 heavy (non-hydrogen) atoms. The van der Waals surface area contributed by atoms with Gasteiger partial charge in [0.2, 0.25) is 0 Å². The molecular weight excluding hydrogens is 308 g/mol. The van der Waals surface area contributed by atoms with Gasteiger partial charge in [-0.15, -0.1) is 0 Å². The highest BCUT2D eigenvalue weighted by Gasteiger charge is 2.35. The van der Waals surface area contributed by atoms with Crippen LogP contribution >= 0.6 is 0 Å². The number of benzene rings is 1. The Morgan fingerprint density at radius 3 is 2.62 bits per heavy atom. The molecule has 1 aromatic carbocycles. The predicted octanol–water partition coefficient (Wildman–Crippen LogP) is 1.90. The van der Waals surface area contributed by atoms with Crippen LogP contribution in [0.3, 0.4) is 0 Å². The second-order valence-corrected chi connectivity index (χ2v) is 6.91. The lowest BCUT2D eigenvalue weighted by atomic mass is 10.0. The minimum absolute atomic E-state index is 0.297. The summed E-state index contributed by atoms with van der Waals surface area (Å²) in [5.41, 5.74) is 1.57. The third-order valence-electron chi connectivity index (χ3n) is 3.85. The molecule has 0 radical (unpaired) electrons. The fraction of sp³-hybridized carbons (Fsp3) is 0.556. The van der Waals surface area contributed by atoms with Crippen molar-refractivity contribution < 1.29 is 19.1 Å². The number of anilines is 1. The monoisotopic (exact) mass is 334 g/mol. The smallest absolute Gasteiger partial charge is 0.339 e. The highest BCUT2D eigenvalue weighted by Crippen LogP contribution is 2.29. The summed E-state index contributed by atoms with van der Waals surface area (Å²) in [6.07, 6.45) is 0. The van der Waals surface area contributed by atoms with Gasteiger partial charge in [-0.25, -0.2) is 9.59 Å². The first-order valence-electron chi connectivity index (χ1n) is 8.12. The van der Waals surface area contributed by atoms with E-state index in [1.165, 1.54) is 7.11 Å². The number of carbonyl (C=O) groups is 2. The highest BCUT2D eigenvalue weighted by atomic mass is 16.6. The lowest BCUT2D eigenvalue weighted by Crippen LogP contribution is -2.57. The van der Waals surface area contributed by atoms with E-state index >= 15 is 0 Å². The second-order valence-electron chi connectivity index (χ2n) is 6.91. The maximum Gasteiger partial charge on any atom is 0.339 e. The maximum atomic E-state index is 12.6. The number of para-hydroxylation sites is 1. The van der Waals surface area contributed by atoms with Gasteiger partial charge < -0.3 is 19.7 Å². The summed E-state index contributed by atoms with van der Waals surface area (Å²) in [7, 11) is 1.36. The minimum atomic E-state index is -0.558. The van der Waals surface area contributed by atoms with Crippen molar-refractivity contribution in [3.8, 4) is 0 Å². The number of rotatable bonds is 3. The zero-order valence-corrected chi connectivity index (χ0v) is 15.0. The Morgan fingerprint density at radius 1 is 1.29 bits per heavy atom. The molecule has 1 fully saturated rings. The molecule has 1 N–H and O–H groups in total. The normalized spacial score (nSPS) is 18.2. The van der Waals surface area contributed by atoms with E-state index in [0.29, 0.717) is 18.7 Å². The first kappa shape index (κ1) is 18.3. The number of hydrogen-bond acceptors (Lipinski definition) is 6. The van der Waals surface area contributed by atoms with E-state index in [1.807, 2.05) is 44.7 Å². The van der Waals surface area contributed by atoms with Gasteiger partial charge in [0.25, 0.3) is 0 Å². The molecule has 0 bridgehead atoms. The standard InChI is InChI=1S/C18H26N2O4/c1-12-7-6-8-13(16(21)23-5)15(12)20-10-9-19-11-14(20)17(22)24-18(2,3)4/h6-8,14,19H,9-11H2,1-5H3. The average Bonchev–Trinajstić information content (AvgIpc) is 2.52. The van der Waals surface area contributed by atoms with Crippen LogP contribution in [0.15, 0.2) is 18.2 Å². The maximum absolute atomic E-state index is 12.6. The van der Waals surface area contributed by atoms with Crippen LogP contribution in [0.25, 0.3) is 0 Å². The number of esters is 2. The Balaban J connectivity index is 2.41. The molecule has 0 aliphatic carbocycles. The number of carbonyl (C=O) groups excluding carboxylic acids is 2. The van der Waals surface area contributed by atoms with E-state index in [9.17, 15) is 9.59 Å². The molecule has 2 rings (SSSR count). The molecule has 0 saturated carbocycles. The van der Waals surface area contributed by atoms with E-state index in [4.69, 9.17) is 9.47 Å². The topological polar surface area (TPSA) is 67.9 Å². The van der Waals surface area contributed by atoms with Crippen LogP contribution in [0.4, 0.5) is 5.69 Å². The number of methoxy groups -OCH3 is 1. The Bertz CT molecular complexity index is 622. The molecule has 1 heterocycles. The molecule has 132 valence electrons. The van der Waals surface area contributed by atoms with Crippen LogP contribution in [0.5, 0.6) is 0 Å². The van der Waals surface area contributed by atoms with Crippen molar-refractivity contribution in [2.24, 2.45) is 0 Å². The molecule has 1 saturated heterocycles. The van der Waals surface area contributed by atoms with Gasteiger partial charge in [-0.05, 0) is 39.3 Å². The van der Waals surface area contributed by atoms with Crippen LogP contribution in [0.1, 0.15) is 36.7 Å². The third-order valence-corrected chi connectivity index (χ3v) is 3.85. The van der Waals surface area contributed by atoms with E-state index in [0.717, 1.165) is 17.8 Å². The fourth-order valence-electron chi connectivity index (χ4n) is 2.87. The van der Waals surface area contributed by atoms with Gasteiger partial charge in [0.15, 0.2) is 0 Å². The quantitative estimate of drug-likeness (QED) is 0.852. The van der Waals surface area contributed by atoms with Gasteiger partial charge >= 0.3 is 11.9 Å². The summed E-state index contributed by atoms with van der Waals surface area (Å²) >= 11 is 0. The van der Waals surface area contributed by atoms with Gasteiger partial charge in [-0.2, -0.15) is 0 Å². The number of ether oxygens (including phenoxy) is 2. The Labute approximate surface area is 143 Å². The summed E-state index contributed by atoms with van der Waals surface area (Å²) in [6, 6.07) is 4.98. The Kier molecular flexibility index (Phi) is 5.49. The van der Waals surface area contributed by atoms with Crippen LogP contribution in [-0.4, -0.2) is 50.3 Å². The van der Waals surface area contributed by atoms with E-state index < -0.39 is 17.6 Å². The van der Waals surface area contributed by atoms with Crippen molar-refractivity contribution in [2.45, 2.75) is 39.3 Å². The Hall–Kier alpha value is -2.08. The van der Waals surface area contributed by atoms with E-state index in [2.05, 4.69) is 5.32 Å². The molecule has 6 heteroatoms. The molecule has 1 aliphatic rings. The van der Waals surface area contributed by atoms with Crippen molar-refractivity contribution in [3.63, 3.8) is 0 Å². The van der Waals surface area contributed by atoms with Gasteiger partial charge in [0, 0.05) is 19.6 Å². The van der Waals surface area contributed by atoms with E-state index in [1.54, 1.807) is 6.07 Å². The summed E-state index contributed by atoms with van der Waals surface area (Å²) in [6.45, 7) is 9.28. The van der Waals surface area contributed by atoms with Crippen LogP contribution in [0, 0.1) is 6.92 Å². The second kappa shape index (κ2) is 7.21. The van der Waals surface area contributed by atoms with Crippen LogP contribution in [-0.2, 0) is 14.3 Å². The largest absolute Gasteiger partial charge is 0.465 e. The molecule has 1 unspecified atom stereocenters. The fourth-order valence-corrected chi connectivity index (χ4v) is 2.87. The lowest BCUT2D eigenvalue weighted by Gasteiger charge is -2.39. The zero-order valence-electron chi connectivity index (χ0n) is 15.0. The molecule has 1 atom stereocenters. The van der Waals surface area contributed by atoms with Crippen LogP contribution in [0.2, 0.25) is 0 Å². The number of piperazine rings is 1. The zero-order chi connectivity index (χ0) is 17.9. The summed E-state index contributed by atoms with van der Waals surface area (Å²) in [4.78, 5) is 26.7. The molecule has 1 aromatic rings. The first-order valence-corrected chi connectivity index (χ1v) is 8.12. The van der Waals surface area contributed by atoms with Crippen molar-refractivity contribution in [2.75, 3.05) is 31.6 Å². The van der Waals surface area contributed by atoms with Gasteiger partial charge in [0.05, 0.1) is 18.4 Å². The Morgan fingerprint density at radius 2 is 2.00 bits per heavy atom. The van der Waals surface area contributed by atoms with Crippen molar-refractivity contribution in [3.05, 3.63) is 29.3 Å². The summed E-state index contributed by atoms with van der Waals surface area (Å²) in [5, 5.41) is 3.22. The molecule has 0 aromatic heterocycles. The molecule has 1 aliphatic heterocycles. The highest BCUT2D eigenvalue weighted by molar-refractivity contribution is 5.97. The molecule has 0 amide bonds. The number of nitrogens with one attached hydrogen (secondary N) is 1. The van der Waals surface area contributed by atoms with Crippen molar-refractivity contribution in [1.29, 1.82) is 0 Å². The third kappa shape index (κ3) is 4.06. The lowest BCUT2D eigenvalue weighted by molar-refractivity contribution is -0.156. The number of aryl methyl sites for hydroxylation is 1.